The van der Waals surface area contributed by atoms with Crippen LogP contribution in [0.2, 0.25) is 5.02 Å². The zero-order chi connectivity index (χ0) is 12.1. The quantitative estimate of drug-likeness (QED) is 0.442. The highest BCUT2D eigenvalue weighted by molar-refractivity contribution is 7.99. The fourth-order valence-electron chi connectivity index (χ4n) is 1.25. The molecule has 0 amide bonds. The van der Waals surface area contributed by atoms with E-state index in [1.54, 1.807) is 30.8 Å². The molecule has 16 heavy (non-hydrogen) atoms. The molecule has 0 saturated heterocycles. The lowest BCUT2D eigenvalue weighted by atomic mass is 10.1. The van der Waals surface area contributed by atoms with Crippen LogP contribution >= 0.6 is 35.0 Å². The Balaban J connectivity index is 3.03. The first-order valence-electron chi connectivity index (χ1n) is 5.17. The molecule has 88 valence electrons. The van der Waals surface area contributed by atoms with E-state index in [1.807, 2.05) is 6.07 Å². The summed E-state index contributed by atoms with van der Waals surface area (Å²) in [6, 6.07) is 5.38. The van der Waals surface area contributed by atoms with Gasteiger partial charge in [0.2, 0.25) is 0 Å². The van der Waals surface area contributed by atoms with E-state index in [0.717, 1.165) is 17.1 Å². The van der Waals surface area contributed by atoms with Crippen LogP contribution in [0.4, 0.5) is 0 Å². The molecule has 0 saturated carbocycles. The van der Waals surface area contributed by atoms with Crippen LogP contribution in [0, 0.1) is 0 Å². The molecule has 1 aromatic rings. The Morgan fingerprint density at radius 3 is 2.75 bits per heavy atom. The molecule has 1 nitrogen and oxygen atoms in total. The number of thioether (sulfide) groups is 1. The van der Waals surface area contributed by atoms with E-state index in [-0.39, 0.29) is 5.78 Å². The van der Waals surface area contributed by atoms with Crippen LogP contribution in [0.15, 0.2) is 23.1 Å². The summed E-state index contributed by atoms with van der Waals surface area (Å²) in [6.45, 7) is 3.79. The van der Waals surface area contributed by atoms with E-state index in [1.165, 1.54) is 0 Å². The smallest absolute Gasteiger partial charge is 0.181 e. The first kappa shape index (κ1) is 13.9. The van der Waals surface area contributed by atoms with Gasteiger partial charge in [0, 0.05) is 15.5 Å². The zero-order valence-electron chi connectivity index (χ0n) is 9.30. The van der Waals surface area contributed by atoms with E-state index >= 15 is 0 Å². The van der Waals surface area contributed by atoms with E-state index < -0.39 is 5.38 Å². The summed E-state index contributed by atoms with van der Waals surface area (Å²) in [6.07, 6.45) is 1.07. The third-order valence-corrected chi connectivity index (χ3v) is 3.74. The van der Waals surface area contributed by atoms with Gasteiger partial charge >= 0.3 is 0 Å². The standard InChI is InChI=1S/C12H14Cl2OS/c1-3-6-16-11-5-4-9(14)7-10(11)12(15)8(2)13/h4-5,7-8H,3,6H2,1-2H3. The molecule has 0 fully saturated rings. The predicted octanol–water partition coefficient (Wildman–Crippen LogP) is 4.65. The number of carbonyl (C=O) groups is 1. The number of rotatable bonds is 5. The molecule has 0 N–H and O–H groups in total. The molecule has 0 aromatic heterocycles. The summed E-state index contributed by atoms with van der Waals surface area (Å²) in [7, 11) is 0. The molecule has 0 spiro atoms. The van der Waals surface area contributed by atoms with Gasteiger partial charge in [0.25, 0.3) is 0 Å². The number of Topliss-reactive ketones (excluding diaryl/α,β-unsaturated/α-hetero) is 1. The number of alkyl halides is 1. The van der Waals surface area contributed by atoms with Gasteiger partial charge in [-0.05, 0) is 37.3 Å². The summed E-state index contributed by atoms with van der Waals surface area (Å²) in [5.74, 6) is 0.918. The molecule has 0 radical (unpaired) electrons. The molecule has 0 aliphatic carbocycles. The summed E-state index contributed by atoms with van der Waals surface area (Å²) in [5, 5.41) is 0.0564. The molecule has 0 heterocycles. The van der Waals surface area contributed by atoms with Gasteiger partial charge in [-0.2, -0.15) is 0 Å². The maximum atomic E-state index is 11.9. The SMILES string of the molecule is CCCSc1ccc(Cl)cc1C(=O)C(C)Cl. The van der Waals surface area contributed by atoms with Gasteiger partial charge in [-0.1, -0.05) is 18.5 Å². The van der Waals surface area contributed by atoms with Crippen molar-refractivity contribution < 1.29 is 4.79 Å². The van der Waals surface area contributed by atoms with Crippen molar-refractivity contribution in [2.75, 3.05) is 5.75 Å². The fourth-order valence-corrected chi connectivity index (χ4v) is 2.44. The van der Waals surface area contributed by atoms with Gasteiger partial charge in [-0.3, -0.25) is 4.79 Å². The van der Waals surface area contributed by atoms with Crippen LogP contribution in [0.5, 0.6) is 0 Å². The van der Waals surface area contributed by atoms with Gasteiger partial charge < -0.3 is 0 Å². The Kier molecular flexibility index (Phi) is 5.67. The summed E-state index contributed by atoms with van der Waals surface area (Å²) < 4.78 is 0. The van der Waals surface area contributed by atoms with E-state index in [2.05, 4.69) is 6.92 Å². The highest BCUT2D eigenvalue weighted by Gasteiger charge is 2.16. The van der Waals surface area contributed by atoms with Crippen molar-refractivity contribution in [1.29, 1.82) is 0 Å². The van der Waals surface area contributed by atoms with Gasteiger partial charge in [-0.25, -0.2) is 0 Å². The van der Waals surface area contributed by atoms with Crippen molar-refractivity contribution in [1.82, 2.24) is 0 Å². The molecular formula is C12H14Cl2OS. The summed E-state index contributed by atoms with van der Waals surface area (Å²) in [5.41, 5.74) is 0.633. The minimum atomic E-state index is -0.514. The molecule has 4 heteroatoms. The third kappa shape index (κ3) is 3.69. The monoisotopic (exact) mass is 276 g/mol. The second kappa shape index (κ2) is 6.53. The first-order chi connectivity index (χ1) is 7.56. The molecule has 1 aromatic carbocycles. The maximum absolute atomic E-state index is 11.9. The average Bonchev–Trinajstić information content (AvgIpc) is 2.26. The zero-order valence-corrected chi connectivity index (χ0v) is 11.6. The average molecular weight is 277 g/mol. The highest BCUT2D eigenvalue weighted by Crippen LogP contribution is 2.28. The molecule has 1 rings (SSSR count). The second-order valence-electron chi connectivity index (χ2n) is 3.47. The van der Waals surface area contributed by atoms with Crippen LogP contribution in [0.1, 0.15) is 30.6 Å². The van der Waals surface area contributed by atoms with Crippen LogP contribution < -0.4 is 0 Å². The van der Waals surface area contributed by atoms with Crippen LogP contribution in [0.3, 0.4) is 0 Å². The lowest BCUT2D eigenvalue weighted by Crippen LogP contribution is -2.11. The third-order valence-electron chi connectivity index (χ3n) is 2.03. The van der Waals surface area contributed by atoms with Crippen LogP contribution in [-0.2, 0) is 0 Å². The minimum Gasteiger partial charge on any atom is -0.292 e. The predicted molar refractivity (Wildman–Crippen MR) is 72.1 cm³/mol. The van der Waals surface area contributed by atoms with Crippen LogP contribution in [0.25, 0.3) is 0 Å². The van der Waals surface area contributed by atoms with E-state index in [4.69, 9.17) is 23.2 Å². The minimum absolute atomic E-state index is 0.0669. The number of hydrogen-bond acceptors (Lipinski definition) is 2. The second-order valence-corrected chi connectivity index (χ2v) is 5.70. The van der Waals surface area contributed by atoms with Crippen molar-refractivity contribution in [2.45, 2.75) is 30.5 Å². The van der Waals surface area contributed by atoms with Crippen LogP contribution in [-0.4, -0.2) is 16.9 Å². The molecule has 0 bridgehead atoms. The molecular weight excluding hydrogens is 263 g/mol. The van der Waals surface area contributed by atoms with Gasteiger partial charge in [0.15, 0.2) is 5.78 Å². The van der Waals surface area contributed by atoms with Crippen molar-refractivity contribution in [3.63, 3.8) is 0 Å². The van der Waals surface area contributed by atoms with Crippen molar-refractivity contribution in [3.05, 3.63) is 28.8 Å². The number of halogens is 2. The first-order valence-corrected chi connectivity index (χ1v) is 6.97. The fraction of sp³-hybridized carbons (Fsp3) is 0.417. The molecule has 0 aliphatic rings. The Morgan fingerprint density at radius 1 is 1.50 bits per heavy atom. The van der Waals surface area contributed by atoms with Gasteiger partial charge in [0.05, 0.1) is 5.38 Å². The highest BCUT2D eigenvalue weighted by atomic mass is 35.5. The normalized spacial score (nSPS) is 12.5. The Hall–Kier alpha value is -0.180. The topological polar surface area (TPSA) is 17.1 Å². The van der Waals surface area contributed by atoms with Crippen molar-refractivity contribution in [2.24, 2.45) is 0 Å². The Morgan fingerprint density at radius 2 is 2.19 bits per heavy atom. The van der Waals surface area contributed by atoms with Gasteiger partial charge in [0.1, 0.15) is 0 Å². The Bertz CT molecular complexity index is 377. The van der Waals surface area contributed by atoms with Crippen molar-refractivity contribution in [3.8, 4) is 0 Å². The molecule has 1 unspecified atom stereocenters. The van der Waals surface area contributed by atoms with E-state index in [0.29, 0.717) is 10.6 Å². The Labute approximate surface area is 111 Å². The summed E-state index contributed by atoms with van der Waals surface area (Å²) in [4.78, 5) is 12.8. The molecule has 0 aliphatic heterocycles. The maximum Gasteiger partial charge on any atom is 0.181 e. The lowest BCUT2D eigenvalue weighted by Gasteiger charge is -2.09. The van der Waals surface area contributed by atoms with Crippen molar-refractivity contribution >= 4 is 40.7 Å². The number of carbonyl (C=O) groups excluding carboxylic acids is 1. The lowest BCUT2D eigenvalue weighted by molar-refractivity contribution is 0.0989. The molecule has 1 atom stereocenters. The summed E-state index contributed by atoms with van der Waals surface area (Å²) >= 11 is 13.4. The van der Waals surface area contributed by atoms with E-state index in [9.17, 15) is 4.79 Å². The number of benzene rings is 1. The number of hydrogen-bond donors (Lipinski definition) is 0. The van der Waals surface area contributed by atoms with Gasteiger partial charge in [-0.15, -0.1) is 23.4 Å². The largest absolute Gasteiger partial charge is 0.292 e. The number of ketones is 1.